The molecule has 178 valence electrons. The van der Waals surface area contributed by atoms with Crippen molar-refractivity contribution in [2.45, 2.75) is 39.8 Å². The predicted molar refractivity (Wildman–Crippen MR) is 124 cm³/mol. The number of hydrogen-bond acceptors (Lipinski definition) is 6. The summed E-state index contributed by atoms with van der Waals surface area (Å²) in [7, 11) is 0. The molecule has 1 heterocycles. The van der Waals surface area contributed by atoms with Crippen LogP contribution in [0.15, 0.2) is 48.5 Å². The maximum Gasteiger partial charge on any atom is 0.416 e. The first-order valence-corrected chi connectivity index (χ1v) is 10.9. The largest absolute Gasteiger partial charge is 0.494 e. The zero-order valence-electron chi connectivity index (χ0n) is 19.1. The highest BCUT2D eigenvalue weighted by molar-refractivity contribution is 6.03. The van der Waals surface area contributed by atoms with E-state index in [0.717, 1.165) is 12.1 Å². The van der Waals surface area contributed by atoms with Crippen molar-refractivity contribution in [3.05, 3.63) is 65.4 Å². The van der Waals surface area contributed by atoms with Crippen molar-refractivity contribution < 1.29 is 22.7 Å². The van der Waals surface area contributed by atoms with Gasteiger partial charge in [-0.3, -0.25) is 4.79 Å². The van der Waals surface area contributed by atoms with Crippen LogP contribution in [0.2, 0.25) is 0 Å². The molecule has 0 amide bonds. The SMILES string of the molecule is CCOc1ccc(Nc2nc(Nc3cccc(C(F)(F)F)c3)nc3c2C(=O)CC(C)(C)C3)cc1. The number of benzene rings is 2. The van der Waals surface area contributed by atoms with E-state index in [4.69, 9.17) is 4.74 Å². The zero-order chi connectivity index (χ0) is 24.5. The van der Waals surface area contributed by atoms with Gasteiger partial charge in [-0.2, -0.15) is 18.2 Å². The lowest BCUT2D eigenvalue weighted by Gasteiger charge is -2.30. The minimum Gasteiger partial charge on any atom is -0.494 e. The Morgan fingerprint density at radius 2 is 1.74 bits per heavy atom. The topological polar surface area (TPSA) is 76.1 Å². The Morgan fingerprint density at radius 3 is 2.41 bits per heavy atom. The molecule has 2 aromatic carbocycles. The van der Waals surface area contributed by atoms with E-state index < -0.39 is 11.7 Å². The van der Waals surface area contributed by atoms with Gasteiger partial charge in [0.15, 0.2) is 5.78 Å². The number of carbonyl (C=O) groups excluding carboxylic acids is 1. The number of ketones is 1. The van der Waals surface area contributed by atoms with Gasteiger partial charge in [0.05, 0.1) is 23.4 Å². The fourth-order valence-corrected chi connectivity index (χ4v) is 3.95. The molecule has 0 aliphatic heterocycles. The van der Waals surface area contributed by atoms with Crippen LogP contribution in [0.5, 0.6) is 5.75 Å². The first-order valence-electron chi connectivity index (χ1n) is 10.9. The molecule has 0 bridgehead atoms. The monoisotopic (exact) mass is 470 g/mol. The number of fused-ring (bicyclic) bond motifs is 1. The van der Waals surface area contributed by atoms with E-state index in [0.29, 0.717) is 48.0 Å². The summed E-state index contributed by atoms with van der Waals surface area (Å²) in [5, 5.41) is 6.04. The van der Waals surface area contributed by atoms with Crippen molar-refractivity contribution in [1.29, 1.82) is 0 Å². The van der Waals surface area contributed by atoms with E-state index in [1.165, 1.54) is 12.1 Å². The number of Topliss-reactive ketones (excluding diaryl/α,β-unsaturated/α-hetero) is 1. The van der Waals surface area contributed by atoms with Gasteiger partial charge in [0.25, 0.3) is 0 Å². The Morgan fingerprint density at radius 1 is 1.00 bits per heavy atom. The lowest BCUT2D eigenvalue weighted by atomic mass is 9.75. The Hall–Kier alpha value is -3.62. The number of alkyl halides is 3. The van der Waals surface area contributed by atoms with Crippen molar-refractivity contribution in [1.82, 2.24) is 9.97 Å². The summed E-state index contributed by atoms with van der Waals surface area (Å²) in [6.07, 6.45) is -3.58. The second kappa shape index (κ2) is 8.96. The van der Waals surface area contributed by atoms with E-state index in [9.17, 15) is 18.0 Å². The number of aromatic nitrogens is 2. The molecule has 6 nitrogen and oxygen atoms in total. The summed E-state index contributed by atoms with van der Waals surface area (Å²) in [6.45, 7) is 6.40. The maximum atomic E-state index is 13.1. The van der Waals surface area contributed by atoms with Crippen molar-refractivity contribution in [2.75, 3.05) is 17.2 Å². The molecule has 0 spiro atoms. The van der Waals surface area contributed by atoms with Crippen LogP contribution in [0.4, 0.5) is 36.3 Å². The van der Waals surface area contributed by atoms with Gasteiger partial charge in [-0.1, -0.05) is 19.9 Å². The molecule has 0 unspecified atom stereocenters. The summed E-state index contributed by atoms with van der Waals surface area (Å²) < 4.78 is 44.8. The lowest BCUT2D eigenvalue weighted by Crippen LogP contribution is -2.29. The highest BCUT2D eigenvalue weighted by atomic mass is 19.4. The smallest absolute Gasteiger partial charge is 0.416 e. The summed E-state index contributed by atoms with van der Waals surface area (Å²) in [4.78, 5) is 22.0. The third-order valence-corrected chi connectivity index (χ3v) is 5.42. The maximum absolute atomic E-state index is 13.1. The second-order valence-electron chi connectivity index (χ2n) is 8.94. The van der Waals surface area contributed by atoms with Crippen LogP contribution in [-0.2, 0) is 12.6 Å². The van der Waals surface area contributed by atoms with E-state index in [-0.39, 0.29) is 22.8 Å². The normalized spacial score (nSPS) is 14.9. The second-order valence-corrected chi connectivity index (χ2v) is 8.94. The highest BCUT2D eigenvalue weighted by Gasteiger charge is 2.35. The van der Waals surface area contributed by atoms with Crippen molar-refractivity contribution in [3.63, 3.8) is 0 Å². The van der Waals surface area contributed by atoms with Crippen LogP contribution in [0.25, 0.3) is 0 Å². The predicted octanol–water partition coefficient (Wildman–Crippen LogP) is 6.54. The number of nitrogens with zero attached hydrogens (tertiary/aromatic N) is 2. The van der Waals surface area contributed by atoms with Gasteiger partial charge in [0.2, 0.25) is 5.95 Å². The van der Waals surface area contributed by atoms with Crippen LogP contribution in [-0.4, -0.2) is 22.4 Å². The number of rotatable bonds is 6. The van der Waals surface area contributed by atoms with Crippen molar-refractivity contribution >= 4 is 28.9 Å². The molecular weight excluding hydrogens is 445 g/mol. The molecule has 34 heavy (non-hydrogen) atoms. The average molecular weight is 470 g/mol. The number of halogens is 3. The van der Waals surface area contributed by atoms with Gasteiger partial charge in [-0.15, -0.1) is 0 Å². The van der Waals surface area contributed by atoms with Gasteiger partial charge < -0.3 is 15.4 Å². The molecule has 0 fully saturated rings. The van der Waals surface area contributed by atoms with Crippen molar-refractivity contribution in [3.8, 4) is 5.75 Å². The molecule has 1 aliphatic carbocycles. The van der Waals surface area contributed by atoms with Crippen LogP contribution >= 0.6 is 0 Å². The molecule has 4 rings (SSSR count). The fraction of sp³-hybridized carbons (Fsp3) is 0.320. The molecule has 0 atom stereocenters. The average Bonchev–Trinajstić information content (AvgIpc) is 2.73. The van der Waals surface area contributed by atoms with Gasteiger partial charge >= 0.3 is 6.18 Å². The standard InChI is InChI=1S/C25H25F3N4O2/c1-4-34-18-10-8-16(9-11-18)29-22-21-19(13-24(2,3)14-20(21)33)31-23(32-22)30-17-7-5-6-15(12-17)25(26,27)28/h5-12H,4,13-14H2,1-3H3,(H2,29,30,31,32). The van der Waals surface area contributed by atoms with E-state index in [1.807, 2.05) is 20.8 Å². The van der Waals surface area contributed by atoms with Crippen LogP contribution < -0.4 is 15.4 Å². The molecule has 2 N–H and O–H groups in total. The molecule has 1 aromatic heterocycles. The quantitative estimate of drug-likeness (QED) is 0.426. The molecule has 3 aromatic rings. The van der Waals surface area contributed by atoms with E-state index >= 15 is 0 Å². The lowest BCUT2D eigenvalue weighted by molar-refractivity contribution is -0.137. The van der Waals surface area contributed by atoms with Gasteiger partial charge in [-0.05, 0) is 61.2 Å². The summed E-state index contributed by atoms with van der Waals surface area (Å²) in [5.41, 5.74) is 0.777. The van der Waals surface area contributed by atoms with Crippen LogP contribution in [0.3, 0.4) is 0 Å². The number of anilines is 4. The molecule has 9 heteroatoms. The van der Waals surface area contributed by atoms with E-state index in [1.54, 1.807) is 24.3 Å². The van der Waals surface area contributed by atoms with Crippen LogP contribution in [0.1, 0.15) is 48.8 Å². The fourth-order valence-electron chi connectivity index (χ4n) is 3.95. The van der Waals surface area contributed by atoms with Gasteiger partial charge in [0.1, 0.15) is 11.6 Å². The summed E-state index contributed by atoms with van der Waals surface area (Å²) >= 11 is 0. The van der Waals surface area contributed by atoms with Crippen LogP contribution in [0, 0.1) is 5.41 Å². The zero-order valence-corrected chi connectivity index (χ0v) is 19.1. The summed E-state index contributed by atoms with van der Waals surface area (Å²) in [6, 6.07) is 12.0. The highest BCUT2D eigenvalue weighted by Crippen LogP contribution is 2.38. The van der Waals surface area contributed by atoms with Crippen molar-refractivity contribution in [2.24, 2.45) is 5.41 Å². The van der Waals surface area contributed by atoms with Gasteiger partial charge in [-0.25, -0.2) is 4.98 Å². The Balaban J connectivity index is 1.72. The summed E-state index contributed by atoms with van der Waals surface area (Å²) in [5.74, 6) is 1.05. The number of hydrogen-bond donors (Lipinski definition) is 2. The minimum atomic E-state index is -4.47. The number of nitrogens with one attached hydrogen (secondary N) is 2. The van der Waals surface area contributed by atoms with Gasteiger partial charge in [0, 0.05) is 17.8 Å². The molecule has 0 radical (unpaired) electrons. The first kappa shape index (κ1) is 23.5. The first-order chi connectivity index (χ1) is 16.0. The van der Waals surface area contributed by atoms with E-state index in [2.05, 4.69) is 20.6 Å². The number of ether oxygens (including phenoxy) is 1. The molecular formula is C25H25F3N4O2. The third kappa shape index (κ3) is 5.30. The molecule has 0 saturated carbocycles. The molecule has 1 aliphatic rings. The Bertz CT molecular complexity index is 1210. The Labute approximate surface area is 195 Å². The molecule has 0 saturated heterocycles. The minimum absolute atomic E-state index is 0.0784. The Kier molecular flexibility index (Phi) is 6.20. The number of carbonyl (C=O) groups is 1. The third-order valence-electron chi connectivity index (χ3n) is 5.42.